The molecule has 0 spiro atoms. The zero-order valence-electron chi connectivity index (χ0n) is 9.80. The van der Waals surface area contributed by atoms with Crippen LogP contribution in [0.15, 0.2) is 57.9 Å². The molecule has 94 valence electrons. The molecule has 0 bridgehead atoms. The molecule has 0 saturated heterocycles. The highest BCUT2D eigenvalue weighted by Crippen LogP contribution is 2.19. The fraction of sp³-hybridized carbons (Fsp3) is 0.143. The first-order valence-corrected chi connectivity index (χ1v) is 7.72. The first kappa shape index (κ1) is 13.5. The molecule has 2 N–H and O–H groups in total. The van der Waals surface area contributed by atoms with Crippen LogP contribution < -0.4 is 5.73 Å². The Balaban J connectivity index is 2.21. The van der Waals surface area contributed by atoms with E-state index < -0.39 is 10.8 Å². The Bertz CT molecular complexity index is 571. The van der Waals surface area contributed by atoms with Crippen LogP contribution >= 0.6 is 15.9 Å². The standard InChI is InChI=1S/C14H14BrNOS/c15-13-6-3-7-14(8-13)18(17)10-12-5-2-1-4-11(12)9-16/h1-8H,9-10,16H2. The molecule has 0 amide bonds. The largest absolute Gasteiger partial charge is 0.326 e. The average molecular weight is 324 g/mol. The Hall–Kier alpha value is -0.970. The normalized spacial score (nSPS) is 12.3. The van der Waals surface area contributed by atoms with Crippen LogP contribution in [-0.4, -0.2) is 4.21 Å². The van der Waals surface area contributed by atoms with Crippen molar-refractivity contribution in [3.05, 3.63) is 64.1 Å². The third-order valence-electron chi connectivity index (χ3n) is 2.68. The van der Waals surface area contributed by atoms with E-state index in [1.165, 1.54) is 0 Å². The Morgan fingerprint density at radius 3 is 2.44 bits per heavy atom. The molecule has 0 aliphatic rings. The lowest BCUT2D eigenvalue weighted by atomic mass is 10.1. The summed E-state index contributed by atoms with van der Waals surface area (Å²) in [4.78, 5) is 0.830. The van der Waals surface area contributed by atoms with E-state index >= 15 is 0 Å². The number of nitrogens with two attached hydrogens (primary N) is 1. The van der Waals surface area contributed by atoms with Crippen LogP contribution in [-0.2, 0) is 23.1 Å². The minimum absolute atomic E-state index is 0.478. The van der Waals surface area contributed by atoms with Crippen molar-refractivity contribution in [1.29, 1.82) is 0 Å². The third kappa shape index (κ3) is 3.28. The Labute approximate surface area is 118 Å². The number of hydrogen-bond donors (Lipinski definition) is 1. The summed E-state index contributed by atoms with van der Waals surface area (Å²) in [5.41, 5.74) is 7.79. The summed E-state index contributed by atoms with van der Waals surface area (Å²) in [7, 11) is -1.04. The van der Waals surface area contributed by atoms with Crippen molar-refractivity contribution in [3.63, 3.8) is 0 Å². The van der Waals surface area contributed by atoms with Crippen LogP contribution in [0.2, 0.25) is 0 Å². The van der Waals surface area contributed by atoms with Gasteiger partial charge in [0.05, 0.1) is 16.6 Å². The fourth-order valence-corrected chi connectivity index (χ4v) is 3.50. The van der Waals surface area contributed by atoms with Gasteiger partial charge in [0.15, 0.2) is 0 Å². The molecular weight excluding hydrogens is 310 g/mol. The lowest BCUT2D eigenvalue weighted by Crippen LogP contribution is -2.04. The molecule has 1 unspecified atom stereocenters. The molecule has 0 heterocycles. The van der Waals surface area contributed by atoms with Crippen LogP contribution in [0.1, 0.15) is 11.1 Å². The molecule has 0 aromatic heterocycles. The van der Waals surface area contributed by atoms with Gasteiger partial charge in [-0.3, -0.25) is 4.21 Å². The maximum atomic E-state index is 12.3. The van der Waals surface area contributed by atoms with Gasteiger partial charge in [-0.1, -0.05) is 46.3 Å². The Morgan fingerprint density at radius 2 is 1.78 bits per heavy atom. The fourth-order valence-electron chi connectivity index (χ4n) is 1.73. The van der Waals surface area contributed by atoms with Crippen molar-refractivity contribution in [2.24, 2.45) is 5.73 Å². The molecule has 2 rings (SSSR count). The minimum atomic E-state index is -1.04. The lowest BCUT2D eigenvalue weighted by molar-refractivity contribution is 0.682. The Kier molecular flexibility index (Phi) is 4.69. The summed E-state index contributed by atoms with van der Waals surface area (Å²) >= 11 is 3.39. The topological polar surface area (TPSA) is 43.1 Å². The van der Waals surface area contributed by atoms with E-state index in [2.05, 4.69) is 15.9 Å². The molecule has 0 aliphatic carbocycles. The molecular formula is C14H14BrNOS. The maximum Gasteiger partial charge on any atom is 0.0574 e. The molecule has 1 atom stereocenters. The second kappa shape index (κ2) is 6.27. The van der Waals surface area contributed by atoms with Crippen LogP contribution in [0.25, 0.3) is 0 Å². The number of halogens is 1. The highest BCUT2D eigenvalue weighted by atomic mass is 79.9. The quantitative estimate of drug-likeness (QED) is 0.938. The summed E-state index contributed by atoms with van der Waals surface area (Å²) in [6.07, 6.45) is 0. The van der Waals surface area contributed by atoms with Crippen LogP contribution in [0.3, 0.4) is 0 Å². The molecule has 0 fully saturated rings. The molecule has 2 aromatic carbocycles. The van der Waals surface area contributed by atoms with Gasteiger partial charge in [-0.25, -0.2) is 0 Å². The van der Waals surface area contributed by atoms with E-state index in [9.17, 15) is 4.21 Å². The average Bonchev–Trinajstić information content (AvgIpc) is 2.39. The van der Waals surface area contributed by atoms with Crippen molar-refractivity contribution in [3.8, 4) is 0 Å². The van der Waals surface area contributed by atoms with Crippen LogP contribution in [0, 0.1) is 0 Å². The van der Waals surface area contributed by atoms with Crippen molar-refractivity contribution >= 4 is 26.7 Å². The van der Waals surface area contributed by atoms with Gasteiger partial charge in [-0.05, 0) is 29.3 Å². The predicted molar refractivity (Wildman–Crippen MR) is 78.6 cm³/mol. The molecule has 0 radical (unpaired) electrons. The molecule has 2 nitrogen and oxygen atoms in total. The van der Waals surface area contributed by atoms with Crippen molar-refractivity contribution < 1.29 is 4.21 Å². The number of rotatable bonds is 4. The molecule has 18 heavy (non-hydrogen) atoms. The minimum Gasteiger partial charge on any atom is -0.326 e. The van der Waals surface area contributed by atoms with Crippen molar-refractivity contribution in [1.82, 2.24) is 0 Å². The number of benzene rings is 2. The Morgan fingerprint density at radius 1 is 1.06 bits per heavy atom. The third-order valence-corrected chi connectivity index (χ3v) is 4.53. The van der Waals surface area contributed by atoms with Gasteiger partial charge < -0.3 is 5.73 Å². The van der Waals surface area contributed by atoms with E-state index in [1.54, 1.807) is 0 Å². The van der Waals surface area contributed by atoms with Gasteiger partial charge in [0.2, 0.25) is 0 Å². The monoisotopic (exact) mass is 323 g/mol. The summed E-state index contributed by atoms with van der Waals surface area (Å²) in [5, 5.41) is 0. The zero-order chi connectivity index (χ0) is 13.0. The van der Waals surface area contributed by atoms with Crippen LogP contribution in [0.4, 0.5) is 0 Å². The summed E-state index contributed by atoms with van der Waals surface area (Å²) in [6.45, 7) is 0.478. The summed E-state index contributed by atoms with van der Waals surface area (Å²) in [5.74, 6) is 0.504. The van der Waals surface area contributed by atoms with Gasteiger partial charge in [-0.2, -0.15) is 0 Å². The summed E-state index contributed by atoms with van der Waals surface area (Å²) in [6, 6.07) is 15.5. The summed E-state index contributed by atoms with van der Waals surface area (Å²) < 4.78 is 13.2. The SMILES string of the molecule is NCc1ccccc1CS(=O)c1cccc(Br)c1. The molecule has 0 saturated carbocycles. The second-order valence-corrected chi connectivity index (χ2v) is 6.29. The van der Waals surface area contributed by atoms with Gasteiger partial charge in [0, 0.05) is 15.9 Å². The van der Waals surface area contributed by atoms with Crippen molar-refractivity contribution in [2.45, 2.75) is 17.2 Å². The first-order chi connectivity index (χ1) is 8.70. The van der Waals surface area contributed by atoms with Crippen LogP contribution in [0.5, 0.6) is 0 Å². The second-order valence-electron chi connectivity index (χ2n) is 3.92. The van der Waals surface area contributed by atoms with E-state index in [-0.39, 0.29) is 0 Å². The highest BCUT2D eigenvalue weighted by molar-refractivity contribution is 9.10. The maximum absolute atomic E-state index is 12.3. The zero-order valence-corrected chi connectivity index (χ0v) is 12.2. The molecule has 4 heteroatoms. The first-order valence-electron chi connectivity index (χ1n) is 5.61. The molecule has 0 aliphatic heterocycles. The lowest BCUT2D eigenvalue weighted by Gasteiger charge is -2.07. The smallest absolute Gasteiger partial charge is 0.0574 e. The highest BCUT2D eigenvalue weighted by Gasteiger charge is 2.08. The molecule has 2 aromatic rings. The van der Waals surface area contributed by atoms with E-state index in [0.29, 0.717) is 12.3 Å². The van der Waals surface area contributed by atoms with Gasteiger partial charge in [0.25, 0.3) is 0 Å². The number of hydrogen-bond acceptors (Lipinski definition) is 2. The predicted octanol–water partition coefficient (Wildman–Crippen LogP) is 3.22. The van der Waals surface area contributed by atoms with Gasteiger partial charge in [0.1, 0.15) is 0 Å². The van der Waals surface area contributed by atoms with E-state index in [0.717, 1.165) is 20.5 Å². The van der Waals surface area contributed by atoms with Gasteiger partial charge in [-0.15, -0.1) is 0 Å². The van der Waals surface area contributed by atoms with Gasteiger partial charge >= 0.3 is 0 Å². The van der Waals surface area contributed by atoms with E-state index in [4.69, 9.17) is 5.73 Å². The van der Waals surface area contributed by atoms with E-state index in [1.807, 2.05) is 48.5 Å². The van der Waals surface area contributed by atoms with Crippen molar-refractivity contribution in [2.75, 3.05) is 0 Å².